The zero-order valence-corrected chi connectivity index (χ0v) is 22.0. The van der Waals surface area contributed by atoms with Crippen LogP contribution in [0.3, 0.4) is 0 Å². The molecule has 2 heterocycles. The lowest BCUT2D eigenvalue weighted by Crippen LogP contribution is -2.35. The van der Waals surface area contributed by atoms with Crippen LogP contribution < -0.4 is 15.4 Å². The Hall–Kier alpha value is -5.05. The highest BCUT2D eigenvalue weighted by atomic mass is 19.1. The number of carbonyl (C=O) groups is 2. The van der Waals surface area contributed by atoms with Crippen molar-refractivity contribution in [2.75, 3.05) is 10.6 Å². The van der Waals surface area contributed by atoms with Gasteiger partial charge in [0.2, 0.25) is 11.8 Å². The van der Waals surface area contributed by atoms with E-state index in [1.807, 2.05) is 35.1 Å². The van der Waals surface area contributed by atoms with Crippen LogP contribution in [0.5, 0.6) is 11.5 Å². The molecular formula is C32H26FN5O3. The second-order valence-corrected chi connectivity index (χ2v) is 10.6. The standard InChI is InChI=1S/C32H26FN5O3/c33-22-2-4-23(5-3-22)36-30(39)32(14-15-32)31(40)37-24-6-10-26(11-7-24)41-29-13-16-34-28-17-20(1-12-27(28)29)21-18-35-38(19-21)25-8-9-25/h1-7,10-13,16-19,25H,8-9,14-15H2,(H,36,39)(H,37,40). The molecule has 0 saturated heterocycles. The molecule has 2 aliphatic rings. The molecule has 7 rings (SSSR count). The Balaban J connectivity index is 1.02. The van der Waals surface area contributed by atoms with Gasteiger partial charge < -0.3 is 15.4 Å². The average molecular weight is 548 g/mol. The number of fused-ring (bicyclic) bond motifs is 1. The summed E-state index contributed by atoms with van der Waals surface area (Å²) in [5.74, 6) is 0.102. The lowest BCUT2D eigenvalue weighted by atomic mass is 10.0. The first-order valence-corrected chi connectivity index (χ1v) is 13.6. The van der Waals surface area contributed by atoms with Crippen molar-refractivity contribution >= 4 is 34.1 Å². The molecule has 3 aromatic carbocycles. The van der Waals surface area contributed by atoms with Crippen LogP contribution in [0.1, 0.15) is 31.7 Å². The maximum Gasteiger partial charge on any atom is 0.240 e. The topological polar surface area (TPSA) is 98.1 Å². The maximum absolute atomic E-state index is 13.2. The first kappa shape index (κ1) is 25.0. The van der Waals surface area contributed by atoms with Crippen LogP contribution in [0.25, 0.3) is 22.0 Å². The SMILES string of the molecule is O=C(Nc1ccc(F)cc1)C1(C(=O)Nc2ccc(Oc3ccnc4cc(-c5cnn(C6CC6)c5)ccc34)cc2)CC1. The normalized spacial score (nSPS) is 15.3. The second-order valence-electron chi connectivity index (χ2n) is 10.6. The quantitative estimate of drug-likeness (QED) is 0.210. The lowest BCUT2D eigenvalue weighted by Gasteiger charge is -2.16. The number of hydrogen-bond acceptors (Lipinski definition) is 5. The van der Waals surface area contributed by atoms with E-state index in [2.05, 4.69) is 26.9 Å². The Bertz CT molecular complexity index is 1770. The largest absolute Gasteiger partial charge is 0.457 e. The summed E-state index contributed by atoms with van der Waals surface area (Å²) < 4.78 is 21.4. The molecule has 9 heteroatoms. The minimum atomic E-state index is -1.13. The van der Waals surface area contributed by atoms with Gasteiger partial charge in [0, 0.05) is 34.7 Å². The van der Waals surface area contributed by atoms with E-state index >= 15 is 0 Å². The van der Waals surface area contributed by atoms with Crippen molar-refractivity contribution in [3.05, 3.63) is 97.2 Å². The van der Waals surface area contributed by atoms with Crippen LogP contribution >= 0.6 is 0 Å². The fraction of sp³-hybridized carbons (Fsp3) is 0.188. The highest BCUT2D eigenvalue weighted by Crippen LogP contribution is 2.47. The van der Waals surface area contributed by atoms with Crippen LogP contribution in [0, 0.1) is 11.2 Å². The van der Waals surface area contributed by atoms with Crippen LogP contribution in [0.4, 0.5) is 15.8 Å². The summed E-state index contributed by atoms with van der Waals surface area (Å²) in [7, 11) is 0. The van der Waals surface area contributed by atoms with Crippen LogP contribution in [-0.2, 0) is 9.59 Å². The summed E-state index contributed by atoms with van der Waals surface area (Å²) in [5, 5.41) is 10.9. The molecule has 2 aromatic heterocycles. The first-order chi connectivity index (χ1) is 20.0. The van der Waals surface area contributed by atoms with E-state index in [0.29, 0.717) is 41.8 Å². The number of hydrogen-bond donors (Lipinski definition) is 2. The summed E-state index contributed by atoms with van der Waals surface area (Å²) in [5.41, 5.74) is 2.80. The van der Waals surface area contributed by atoms with Gasteiger partial charge >= 0.3 is 0 Å². The summed E-state index contributed by atoms with van der Waals surface area (Å²) in [6.07, 6.45) is 8.97. The van der Waals surface area contributed by atoms with Crippen molar-refractivity contribution in [1.82, 2.24) is 14.8 Å². The Morgan fingerprint density at radius 3 is 2.22 bits per heavy atom. The molecule has 2 aliphatic carbocycles. The molecule has 2 saturated carbocycles. The average Bonchev–Trinajstić information content (AvgIpc) is 3.93. The number of rotatable bonds is 8. The minimum absolute atomic E-state index is 0.371. The number of halogens is 1. The van der Waals surface area contributed by atoms with Gasteiger partial charge in [0.25, 0.3) is 0 Å². The molecule has 0 bridgehead atoms. The number of nitrogens with one attached hydrogen (secondary N) is 2. The Labute approximate surface area is 235 Å². The number of ether oxygens (including phenoxy) is 1. The molecule has 2 amide bonds. The predicted molar refractivity (Wildman–Crippen MR) is 153 cm³/mol. The molecule has 2 N–H and O–H groups in total. The van der Waals surface area contributed by atoms with E-state index in [4.69, 9.17) is 4.74 Å². The third-order valence-corrected chi connectivity index (χ3v) is 7.62. The van der Waals surface area contributed by atoms with E-state index in [1.165, 1.54) is 37.1 Å². The molecular weight excluding hydrogens is 521 g/mol. The Morgan fingerprint density at radius 1 is 0.878 bits per heavy atom. The van der Waals surface area contributed by atoms with Gasteiger partial charge in [0.15, 0.2) is 0 Å². The third kappa shape index (κ3) is 5.02. The number of pyridine rings is 1. The van der Waals surface area contributed by atoms with Gasteiger partial charge in [0.05, 0.1) is 17.8 Å². The number of nitrogens with zero attached hydrogens (tertiary/aromatic N) is 3. The summed E-state index contributed by atoms with van der Waals surface area (Å²) in [6.45, 7) is 0. The van der Waals surface area contributed by atoms with Gasteiger partial charge in [-0.05, 0) is 98.0 Å². The molecule has 5 aromatic rings. The van der Waals surface area contributed by atoms with Crippen molar-refractivity contribution in [2.45, 2.75) is 31.7 Å². The van der Waals surface area contributed by atoms with Crippen LogP contribution in [0.15, 0.2) is 91.4 Å². The summed E-state index contributed by atoms with van der Waals surface area (Å²) in [4.78, 5) is 30.4. The van der Waals surface area contributed by atoms with Crippen molar-refractivity contribution in [2.24, 2.45) is 5.41 Å². The molecule has 0 aliphatic heterocycles. The number of carbonyl (C=O) groups excluding carboxylic acids is 2. The fourth-order valence-corrected chi connectivity index (χ4v) is 4.87. The predicted octanol–water partition coefficient (Wildman–Crippen LogP) is 6.72. The van der Waals surface area contributed by atoms with Gasteiger partial charge in [0.1, 0.15) is 22.7 Å². The minimum Gasteiger partial charge on any atom is -0.457 e. The molecule has 2 fully saturated rings. The molecule has 8 nitrogen and oxygen atoms in total. The summed E-state index contributed by atoms with van der Waals surface area (Å²) >= 11 is 0. The van der Waals surface area contributed by atoms with E-state index in [-0.39, 0.29) is 5.91 Å². The van der Waals surface area contributed by atoms with E-state index in [9.17, 15) is 14.0 Å². The Kier molecular flexibility index (Phi) is 6.00. The van der Waals surface area contributed by atoms with E-state index < -0.39 is 17.1 Å². The summed E-state index contributed by atoms with van der Waals surface area (Å²) in [6, 6.07) is 20.9. The lowest BCUT2D eigenvalue weighted by molar-refractivity contribution is -0.131. The smallest absolute Gasteiger partial charge is 0.240 e. The van der Waals surface area contributed by atoms with Gasteiger partial charge in [-0.2, -0.15) is 5.10 Å². The molecule has 0 spiro atoms. The van der Waals surface area contributed by atoms with Crippen molar-refractivity contribution in [1.29, 1.82) is 0 Å². The molecule has 0 radical (unpaired) electrons. The number of amides is 2. The fourth-order valence-electron chi connectivity index (χ4n) is 4.87. The highest BCUT2D eigenvalue weighted by molar-refractivity contribution is 6.16. The zero-order valence-electron chi connectivity index (χ0n) is 22.0. The van der Waals surface area contributed by atoms with Crippen molar-refractivity contribution in [3.63, 3.8) is 0 Å². The maximum atomic E-state index is 13.2. The van der Waals surface area contributed by atoms with E-state index in [0.717, 1.165) is 22.0 Å². The van der Waals surface area contributed by atoms with E-state index in [1.54, 1.807) is 30.5 Å². The molecule has 0 atom stereocenters. The number of anilines is 2. The highest BCUT2D eigenvalue weighted by Gasteiger charge is 2.56. The number of aromatic nitrogens is 3. The van der Waals surface area contributed by atoms with Gasteiger partial charge in [-0.15, -0.1) is 0 Å². The third-order valence-electron chi connectivity index (χ3n) is 7.62. The van der Waals surface area contributed by atoms with Crippen molar-refractivity contribution < 1.29 is 18.7 Å². The Morgan fingerprint density at radius 2 is 1.56 bits per heavy atom. The van der Waals surface area contributed by atoms with Crippen LogP contribution in [0.2, 0.25) is 0 Å². The van der Waals surface area contributed by atoms with Gasteiger partial charge in [-0.25, -0.2) is 4.39 Å². The molecule has 41 heavy (non-hydrogen) atoms. The van der Waals surface area contributed by atoms with Gasteiger partial charge in [-0.1, -0.05) is 6.07 Å². The first-order valence-electron chi connectivity index (χ1n) is 13.6. The van der Waals surface area contributed by atoms with Gasteiger partial charge in [-0.3, -0.25) is 19.3 Å². The van der Waals surface area contributed by atoms with Crippen molar-refractivity contribution in [3.8, 4) is 22.6 Å². The number of benzene rings is 3. The second kappa shape index (κ2) is 9.85. The molecule has 204 valence electrons. The monoisotopic (exact) mass is 547 g/mol. The zero-order chi connectivity index (χ0) is 28.0. The van der Waals surface area contributed by atoms with Crippen LogP contribution in [-0.4, -0.2) is 26.6 Å². The molecule has 0 unspecified atom stereocenters.